The molecular weight excluding hydrogens is 183 g/mol. The smallest absolute Gasteiger partial charge is 0.218 e. The minimum Gasteiger partial charge on any atom is -0.275 e. The predicted molar refractivity (Wildman–Crippen MR) is 46.0 cm³/mol. The summed E-state index contributed by atoms with van der Waals surface area (Å²) in [4.78, 5) is 7.63. The summed E-state index contributed by atoms with van der Waals surface area (Å²) in [5.41, 5.74) is 0. The summed E-state index contributed by atoms with van der Waals surface area (Å²) in [6.07, 6.45) is 4.18. The molecule has 2 heterocycles. The summed E-state index contributed by atoms with van der Waals surface area (Å²) in [5.74, 6) is 0.289. The van der Waals surface area contributed by atoms with E-state index in [0.717, 1.165) is 6.20 Å². The van der Waals surface area contributed by atoms with E-state index in [1.54, 1.807) is 6.20 Å². The number of aromatic nitrogens is 3. The molecule has 2 aromatic rings. The van der Waals surface area contributed by atoms with E-state index in [0.29, 0.717) is 5.82 Å². The zero-order valence-electron chi connectivity index (χ0n) is 7.05. The summed E-state index contributed by atoms with van der Waals surface area (Å²) in [6, 6.07) is 4.67. The molecule has 0 saturated heterocycles. The van der Waals surface area contributed by atoms with Gasteiger partial charge in [-0.15, -0.1) is 0 Å². The molecule has 14 heavy (non-hydrogen) atoms. The zero-order valence-corrected chi connectivity index (χ0v) is 7.05. The molecule has 0 aromatic carbocycles. The fraction of sp³-hybridized carbons (Fsp3) is 0. The van der Waals surface area contributed by atoms with Crippen LogP contribution in [0.3, 0.4) is 0 Å². The molecular formula is C9H5FN4. The lowest BCUT2D eigenvalue weighted by Crippen LogP contribution is -1.99. The van der Waals surface area contributed by atoms with E-state index >= 15 is 0 Å². The SMILES string of the molecule is N#Cc1nccn1-c1ccc(F)cn1. The number of pyridine rings is 1. The van der Waals surface area contributed by atoms with Crippen molar-refractivity contribution in [3.8, 4) is 11.9 Å². The molecule has 68 valence electrons. The van der Waals surface area contributed by atoms with Gasteiger partial charge in [0.2, 0.25) is 5.82 Å². The van der Waals surface area contributed by atoms with Gasteiger partial charge in [-0.2, -0.15) is 5.26 Å². The number of hydrogen-bond acceptors (Lipinski definition) is 3. The van der Waals surface area contributed by atoms with E-state index in [2.05, 4.69) is 9.97 Å². The fourth-order valence-corrected chi connectivity index (χ4v) is 1.08. The first-order valence-electron chi connectivity index (χ1n) is 3.86. The molecule has 0 unspecified atom stereocenters. The monoisotopic (exact) mass is 188 g/mol. The molecule has 0 fully saturated rings. The molecule has 4 nitrogen and oxygen atoms in total. The van der Waals surface area contributed by atoms with Gasteiger partial charge in [0, 0.05) is 12.4 Å². The molecule has 0 amide bonds. The number of nitriles is 1. The number of rotatable bonds is 1. The maximum atomic E-state index is 12.6. The molecule has 0 spiro atoms. The molecule has 0 saturated carbocycles. The Morgan fingerprint density at radius 2 is 2.21 bits per heavy atom. The van der Waals surface area contributed by atoms with Crippen LogP contribution in [0.25, 0.3) is 5.82 Å². The molecule has 2 aromatic heterocycles. The lowest BCUT2D eigenvalue weighted by molar-refractivity contribution is 0.620. The van der Waals surface area contributed by atoms with Crippen molar-refractivity contribution in [1.82, 2.24) is 14.5 Å². The maximum Gasteiger partial charge on any atom is 0.218 e. The molecule has 5 heteroatoms. The van der Waals surface area contributed by atoms with Gasteiger partial charge in [-0.25, -0.2) is 14.4 Å². The van der Waals surface area contributed by atoms with E-state index < -0.39 is 5.82 Å². The summed E-state index contributed by atoms with van der Waals surface area (Å²) in [7, 11) is 0. The van der Waals surface area contributed by atoms with Crippen LogP contribution in [0.2, 0.25) is 0 Å². The Morgan fingerprint density at radius 3 is 2.86 bits per heavy atom. The molecule has 0 N–H and O–H groups in total. The Labute approximate surface area is 79.3 Å². The molecule has 0 radical (unpaired) electrons. The number of hydrogen-bond donors (Lipinski definition) is 0. The van der Waals surface area contributed by atoms with Crippen LogP contribution in [0.4, 0.5) is 4.39 Å². The third-order valence-electron chi connectivity index (χ3n) is 1.70. The quantitative estimate of drug-likeness (QED) is 0.677. The van der Waals surface area contributed by atoms with Crippen LogP contribution in [0.5, 0.6) is 0 Å². The summed E-state index contributed by atoms with van der Waals surface area (Å²) >= 11 is 0. The van der Waals surface area contributed by atoms with Crippen molar-refractivity contribution in [2.75, 3.05) is 0 Å². The van der Waals surface area contributed by atoms with Gasteiger partial charge in [0.05, 0.1) is 6.20 Å². The summed E-state index contributed by atoms with van der Waals surface area (Å²) in [6.45, 7) is 0. The number of nitrogens with zero attached hydrogens (tertiary/aromatic N) is 4. The van der Waals surface area contributed by atoms with Gasteiger partial charge >= 0.3 is 0 Å². The van der Waals surface area contributed by atoms with Crippen molar-refractivity contribution in [3.63, 3.8) is 0 Å². The van der Waals surface area contributed by atoms with E-state index in [9.17, 15) is 4.39 Å². The van der Waals surface area contributed by atoms with Crippen LogP contribution in [0.15, 0.2) is 30.7 Å². The standard InChI is InChI=1S/C9H5FN4/c10-7-1-2-8(13-6-7)14-4-3-12-9(14)5-11/h1-4,6H. The molecule has 0 bridgehead atoms. The van der Waals surface area contributed by atoms with Gasteiger partial charge in [0.25, 0.3) is 0 Å². The Hall–Kier alpha value is -2.22. The van der Waals surface area contributed by atoms with Gasteiger partial charge in [-0.1, -0.05) is 0 Å². The summed E-state index contributed by atoms with van der Waals surface area (Å²) in [5, 5.41) is 8.69. The van der Waals surface area contributed by atoms with Crippen molar-refractivity contribution in [2.24, 2.45) is 0 Å². The van der Waals surface area contributed by atoms with Gasteiger partial charge in [-0.05, 0) is 12.1 Å². The molecule has 0 aliphatic rings. The predicted octanol–water partition coefficient (Wildman–Crippen LogP) is 1.28. The van der Waals surface area contributed by atoms with Crippen molar-refractivity contribution in [1.29, 1.82) is 5.26 Å². The second-order valence-electron chi connectivity index (χ2n) is 2.57. The largest absolute Gasteiger partial charge is 0.275 e. The third-order valence-corrected chi connectivity index (χ3v) is 1.70. The maximum absolute atomic E-state index is 12.6. The normalized spacial score (nSPS) is 9.71. The van der Waals surface area contributed by atoms with E-state index in [4.69, 9.17) is 5.26 Å². The number of imidazole rings is 1. The Kier molecular flexibility index (Phi) is 1.95. The van der Waals surface area contributed by atoms with Crippen molar-refractivity contribution in [2.45, 2.75) is 0 Å². The lowest BCUT2D eigenvalue weighted by Gasteiger charge is -2.00. The Balaban J connectivity index is 2.50. The van der Waals surface area contributed by atoms with Crippen molar-refractivity contribution < 1.29 is 4.39 Å². The Morgan fingerprint density at radius 1 is 1.36 bits per heavy atom. The average Bonchev–Trinajstić information content (AvgIpc) is 2.67. The van der Waals surface area contributed by atoms with Crippen LogP contribution in [0, 0.1) is 17.1 Å². The van der Waals surface area contributed by atoms with Crippen LogP contribution in [0.1, 0.15) is 5.82 Å². The minimum absolute atomic E-state index is 0.226. The van der Waals surface area contributed by atoms with Crippen molar-refractivity contribution in [3.05, 3.63) is 42.4 Å². The average molecular weight is 188 g/mol. The van der Waals surface area contributed by atoms with Gasteiger partial charge in [0.1, 0.15) is 17.7 Å². The first-order chi connectivity index (χ1) is 6.81. The van der Waals surface area contributed by atoms with E-state index in [1.165, 1.54) is 22.9 Å². The third kappa shape index (κ3) is 1.33. The summed E-state index contributed by atoms with van der Waals surface area (Å²) < 4.78 is 14.0. The molecule has 0 aliphatic carbocycles. The van der Waals surface area contributed by atoms with Crippen LogP contribution in [-0.2, 0) is 0 Å². The Bertz CT molecular complexity index is 480. The number of halogens is 1. The highest BCUT2D eigenvalue weighted by molar-refractivity contribution is 5.28. The van der Waals surface area contributed by atoms with Gasteiger partial charge < -0.3 is 0 Å². The molecule has 2 rings (SSSR count). The van der Waals surface area contributed by atoms with Crippen LogP contribution < -0.4 is 0 Å². The lowest BCUT2D eigenvalue weighted by atomic mass is 10.4. The zero-order chi connectivity index (χ0) is 9.97. The van der Waals surface area contributed by atoms with Crippen LogP contribution >= 0.6 is 0 Å². The second kappa shape index (κ2) is 3.26. The van der Waals surface area contributed by atoms with Gasteiger partial charge in [0.15, 0.2) is 0 Å². The highest BCUT2D eigenvalue weighted by atomic mass is 19.1. The topological polar surface area (TPSA) is 54.5 Å². The van der Waals surface area contributed by atoms with Crippen LogP contribution in [-0.4, -0.2) is 14.5 Å². The van der Waals surface area contributed by atoms with Crippen molar-refractivity contribution >= 4 is 0 Å². The highest BCUT2D eigenvalue weighted by Gasteiger charge is 2.04. The fourth-order valence-electron chi connectivity index (χ4n) is 1.08. The van der Waals surface area contributed by atoms with E-state index in [1.807, 2.05) is 6.07 Å². The van der Waals surface area contributed by atoms with E-state index in [-0.39, 0.29) is 5.82 Å². The highest BCUT2D eigenvalue weighted by Crippen LogP contribution is 2.07. The second-order valence-corrected chi connectivity index (χ2v) is 2.57. The molecule has 0 atom stereocenters. The minimum atomic E-state index is -0.410. The first-order valence-corrected chi connectivity index (χ1v) is 3.86. The first kappa shape index (κ1) is 8.38. The van der Waals surface area contributed by atoms with Gasteiger partial charge in [-0.3, -0.25) is 4.57 Å². The molecule has 0 aliphatic heterocycles.